The second-order valence-corrected chi connectivity index (χ2v) is 5.17. The molecule has 0 fully saturated rings. The number of allylic oxidation sites excluding steroid dienone is 1. The van der Waals surface area contributed by atoms with E-state index >= 15 is 0 Å². The number of hydrogen-bond acceptors (Lipinski definition) is 2. The molecule has 2 heteroatoms. The lowest BCUT2D eigenvalue weighted by atomic mass is 9.94. The fourth-order valence-corrected chi connectivity index (χ4v) is 2.18. The third-order valence-corrected chi connectivity index (χ3v) is 3.41. The second kappa shape index (κ2) is 8.73. The lowest BCUT2D eigenvalue weighted by Gasteiger charge is -2.14. The van der Waals surface area contributed by atoms with Crippen molar-refractivity contribution in [3.05, 3.63) is 77.9 Å². The Hall–Kier alpha value is -2.63. The Morgan fingerprint density at radius 3 is 2.17 bits per heavy atom. The van der Waals surface area contributed by atoms with Gasteiger partial charge in [0.15, 0.2) is 5.78 Å². The van der Waals surface area contributed by atoms with Gasteiger partial charge in [-0.15, -0.1) is 0 Å². The summed E-state index contributed by atoms with van der Waals surface area (Å²) in [5, 5.41) is 10.6. The number of hydrogen-bond donors (Lipinski definition) is 1. The molecule has 2 aromatic carbocycles. The highest BCUT2D eigenvalue weighted by Gasteiger charge is 2.22. The van der Waals surface area contributed by atoms with E-state index in [0.717, 1.165) is 18.4 Å². The first-order chi connectivity index (χ1) is 11.2. The van der Waals surface area contributed by atoms with E-state index in [1.54, 1.807) is 30.3 Å². The van der Waals surface area contributed by atoms with E-state index in [1.807, 2.05) is 36.4 Å². The highest BCUT2D eigenvalue weighted by Crippen LogP contribution is 2.21. The first-order valence-corrected chi connectivity index (χ1v) is 7.75. The molecular formula is C21H20O2. The second-order valence-electron chi connectivity index (χ2n) is 5.17. The van der Waals surface area contributed by atoms with Gasteiger partial charge in [-0.1, -0.05) is 79.4 Å². The summed E-state index contributed by atoms with van der Waals surface area (Å²) in [5.74, 6) is 5.65. The summed E-state index contributed by atoms with van der Waals surface area (Å²) in [4.78, 5) is 12.5. The Morgan fingerprint density at radius 1 is 1.04 bits per heavy atom. The van der Waals surface area contributed by atoms with Gasteiger partial charge in [0.2, 0.25) is 0 Å². The van der Waals surface area contributed by atoms with Crippen molar-refractivity contribution in [2.24, 2.45) is 0 Å². The van der Waals surface area contributed by atoms with E-state index in [1.165, 1.54) is 0 Å². The monoisotopic (exact) mass is 304 g/mol. The molecule has 1 atom stereocenters. The third kappa shape index (κ3) is 4.67. The van der Waals surface area contributed by atoms with Crippen LogP contribution >= 0.6 is 0 Å². The minimum absolute atomic E-state index is 0.321. The van der Waals surface area contributed by atoms with Gasteiger partial charge in [-0.2, -0.15) is 0 Å². The average Bonchev–Trinajstić information content (AvgIpc) is 2.62. The van der Waals surface area contributed by atoms with Crippen molar-refractivity contribution in [3.8, 4) is 11.8 Å². The van der Waals surface area contributed by atoms with Crippen LogP contribution in [0.2, 0.25) is 0 Å². The predicted octanol–water partition coefficient (Wildman–Crippen LogP) is 4.12. The van der Waals surface area contributed by atoms with Crippen LogP contribution in [0.4, 0.5) is 0 Å². The van der Waals surface area contributed by atoms with Crippen LogP contribution in [-0.4, -0.2) is 17.0 Å². The van der Waals surface area contributed by atoms with Crippen molar-refractivity contribution in [1.29, 1.82) is 0 Å². The van der Waals surface area contributed by atoms with Gasteiger partial charge in [-0.3, -0.25) is 4.79 Å². The van der Waals surface area contributed by atoms with Gasteiger partial charge in [-0.25, -0.2) is 0 Å². The van der Waals surface area contributed by atoms with Gasteiger partial charge in [0.25, 0.3) is 0 Å². The lowest BCUT2D eigenvalue weighted by Crippen LogP contribution is -2.22. The molecule has 0 amide bonds. The average molecular weight is 304 g/mol. The highest BCUT2D eigenvalue weighted by molar-refractivity contribution is 6.06. The van der Waals surface area contributed by atoms with Gasteiger partial charge in [0.05, 0.1) is 0 Å². The number of aliphatic hydroxyl groups excluding tert-OH is 1. The molecule has 2 aromatic rings. The summed E-state index contributed by atoms with van der Waals surface area (Å²) in [6, 6.07) is 18.2. The molecule has 0 saturated carbocycles. The molecule has 0 aromatic heterocycles. The number of carbonyl (C=O) groups excluding carboxylic acids is 1. The van der Waals surface area contributed by atoms with Gasteiger partial charge >= 0.3 is 0 Å². The zero-order valence-electron chi connectivity index (χ0n) is 13.2. The molecule has 0 spiro atoms. The molecular weight excluding hydrogens is 284 g/mol. The molecule has 0 radical (unpaired) electrons. The van der Waals surface area contributed by atoms with Crippen LogP contribution in [0.25, 0.3) is 5.57 Å². The van der Waals surface area contributed by atoms with Crippen molar-refractivity contribution >= 4 is 11.4 Å². The van der Waals surface area contributed by atoms with Crippen molar-refractivity contribution in [3.63, 3.8) is 0 Å². The molecule has 2 rings (SSSR count). The van der Waals surface area contributed by atoms with E-state index < -0.39 is 6.10 Å². The number of benzene rings is 2. The summed E-state index contributed by atoms with van der Waals surface area (Å²) in [7, 11) is 0. The quantitative estimate of drug-likeness (QED) is 0.666. The van der Waals surface area contributed by atoms with Crippen LogP contribution in [0.3, 0.4) is 0 Å². The number of unbranched alkanes of at least 4 members (excludes halogenated alkanes) is 1. The Balaban J connectivity index is 2.34. The minimum atomic E-state index is -1.23. The zero-order chi connectivity index (χ0) is 16.5. The van der Waals surface area contributed by atoms with E-state index in [4.69, 9.17) is 0 Å². The third-order valence-electron chi connectivity index (χ3n) is 3.41. The van der Waals surface area contributed by atoms with Gasteiger partial charge in [-0.05, 0) is 18.1 Å². The predicted molar refractivity (Wildman–Crippen MR) is 93.9 cm³/mol. The maximum Gasteiger partial charge on any atom is 0.195 e. The number of ketones is 1. The van der Waals surface area contributed by atoms with E-state index in [9.17, 15) is 9.90 Å². The summed E-state index contributed by atoms with van der Waals surface area (Å²) in [6.45, 7) is 2.06. The fraction of sp³-hybridized carbons (Fsp3) is 0.190. The van der Waals surface area contributed by atoms with Gasteiger partial charge < -0.3 is 5.11 Å². The van der Waals surface area contributed by atoms with Crippen LogP contribution in [0, 0.1) is 11.8 Å². The zero-order valence-corrected chi connectivity index (χ0v) is 13.2. The van der Waals surface area contributed by atoms with Crippen LogP contribution in [0.5, 0.6) is 0 Å². The first-order valence-electron chi connectivity index (χ1n) is 7.75. The molecule has 0 aliphatic heterocycles. The molecule has 0 unspecified atom stereocenters. The fourth-order valence-electron chi connectivity index (χ4n) is 2.18. The summed E-state index contributed by atoms with van der Waals surface area (Å²) < 4.78 is 0. The summed E-state index contributed by atoms with van der Waals surface area (Å²) >= 11 is 0. The molecule has 0 aliphatic rings. The topological polar surface area (TPSA) is 37.3 Å². The maximum absolute atomic E-state index is 12.5. The maximum atomic E-state index is 12.5. The van der Waals surface area contributed by atoms with Crippen molar-refractivity contribution in [2.75, 3.05) is 0 Å². The SMILES string of the molecule is CCCC#C/C=C(\c1ccccc1)[C@@H](O)C(=O)c1ccccc1. The van der Waals surface area contributed by atoms with E-state index in [0.29, 0.717) is 11.1 Å². The largest absolute Gasteiger partial charge is 0.380 e. The van der Waals surface area contributed by atoms with Crippen LogP contribution in [0.1, 0.15) is 35.7 Å². The molecule has 1 N–H and O–H groups in total. The Morgan fingerprint density at radius 2 is 1.61 bits per heavy atom. The molecule has 2 nitrogen and oxygen atoms in total. The molecule has 23 heavy (non-hydrogen) atoms. The molecule has 116 valence electrons. The van der Waals surface area contributed by atoms with Gasteiger partial charge in [0.1, 0.15) is 6.10 Å². The Kier molecular flexibility index (Phi) is 6.35. The number of Topliss-reactive ketones (excluding diaryl/α,β-unsaturated/α-hetero) is 1. The van der Waals surface area contributed by atoms with E-state index in [-0.39, 0.29) is 5.78 Å². The summed E-state index contributed by atoms with van der Waals surface area (Å²) in [5.41, 5.74) is 1.82. The Labute approximate surface area is 137 Å². The minimum Gasteiger partial charge on any atom is -0.380 e. The molecule has 0 saturated heterocycles. The van der Waals surface area contributed by atoms with Crippen LogP contribution in [0.15, 0.2) is 66.7 Å². The number of aliphatic hydroxyl groups is 1. The Bertz CT molecular complexity index is 719. The van der Waals surface area contributed by atoms with Crippen molar-refractivity contribution in [1.82, 2.24) is 0 Å². The lowest BCUT2D eigenvalue weighted by molar-refractivity contribution is 0.0833. The molecule has 0 aliphatic carbocycles. The smallest absolute Gasteiger partial charge is 0.195 e. The first kappa shape index (κ1) is 16.7. The summed E-state index contributed by atoms with van der Waals surface area (Å²) in [6.07, 6.45) is 2.20. The van der Waals surface area contributed by atoms with Crippen molar-refractivity contribution in [2.45, 2.75) is 25.9 Å². The van der Waals surface area contributed by atoms with Crippen LogP contribution in [-0.2, 0) is 0 Å². The normalized spacial score (nSPS) is 12.2. The van der Waals surface area contributed by atoms with E-state index in [2.05, 4.69) is 18.8 Å². The van der Waals surface area contributed by atoms with Gasteiger partial charge in [0, 0.05) is 17.6 Å². The molecule has 0 heterocycles. The molecule has 0 bridgehead atoms. The number of rotatable bonds is 5. The van der Waals surface area contributed by atoms with Crippen LogP contribution < -0.4 is 0 Å². The highest BCUT2D eigenvalue weighted by atomic mass is 16.3. The standard InChI is InChI=1S/C21H20O2/c1-2-3-4-11-16-19(17-12-7-5-8-13-17)21(23)20(22)18-14-9-6-10-15-18/h5-10,12-16,21,23H,2-3H2,1H3/b19-16+/t21-/m1/s1. The number of carbonyl (C=O) groups is 1. The van der Waals surface area contributed by atoms with Crippen molar-refractivity contribution < 1.29 is 9.90 Å².